The molecule has 0 fully saturated rings. The van der Waals surface area contributed by atoms with Gasteiger partial charge in [-0.1, -0.05) is 11.6 Å². The zero-order valence-corrected chi connectivity index (χ0v) is 9.99. The van der Waals surface area contributed by atoms with E-state index in [2.05, 4.69) is 21.0 Å². The molecule has 1 N–H and O–H groups in total. The number of pyridine rings is 1. The van der Waals surface area contributed by atoms with Gasteiger partial charge in [-0.3, -0.25) is 4.98 Å². The van der Waals surface area contributed by atoms with E-state index in [9.17, 15) is 0 Å². The van der Waals surface area contributed by atoms with Crippen molar-refractivity contribution in [2.75, 3.05) is 0 Å². The third-order valence-electron chi connectivity index (χ3n) is 2.60. The summed E-state index contributed by atoms with van der Waals surface area (Å²) in [6, 6.07) is 7.76. The van der Waals surface area contributed by atoms with E-state index < -0.39 is 0 Å². The van der Waals surface area contributed by atoms with Gasteiger partial charge in [-0.25, -0.2) is 4.98 Å². The first-order valence-corrected chi connectivity index (χ1v) is 5.67. The minimum Gasteiger partial charge on any atom is -0.337 e. The fourth-order valence-electron chi connectivity index (χ4n) is 1.87. The lowest BCUT2D eigenvalue weighted by atomic mass is 10.1. The lowest BCUT2D eigenvalue weighted by Crippen LogP contribution is -1.82. The molecule has 2 heterocycles. The minimum absolute atomic E-state index is 0.721. The maximum atomic E-state index is 6.04. The van der Waals surface area contributed by atoms with E-state index in [0.717, 1.165) is 33.0 Å². The summed E-state index contributed by atoms with van der Waals surface area (Å²) < 4.78 is 0. The van der Waals surface area contributed by atoms with E-state index in [1.54, 1.807) is 12.4 Å². The molecule has 0 amide bonds. The third kappa shape index (κ3) is 1.89. The zero-order valence-electron chi connectivity index (χ0n) is 9.24. The predicted molar refractivity (Wildman–Crippen MR) is 69.1 cm³/mol. The molecule has 0 saturated heterocycles. The van der Waals surface area contributed by atoms with Crippen LogP contribution in [0.3, 0.4) is 0 Å². The Morgan fingerprint density at radius 1 is 1.24 bits per heavy atom. The Balaban J connectivity index is 2.20. The minimum atomic E-state index is 0.721. The monoisotopic (exact) mass is 243 g/mol. The normalized spacial score (nSPS) is 10.9. The van der Waals surface area contributed by atoms with Crippen LogP contribution in [0, 0.1) is 6.92 Å². The second kappa shape index (κ2) is 3.86. The van der Waals surface area contributed by atoms with Crippen molar-refractivity contribution in [2.24, 2.45) is 0 Å². The van der Waals surface area contributed by atoms with Crippen molar-refractivity contribution in [3.8, 4) is 11.4 Å². The van der Waals surface area contributed by atoms with Crippen LogP contribution in [0.5, 0.6) is 0 Å². The highest BCUT2D eigenvalue weighted by Gasteiger charge is 2.06. The van der Waals surface area contributed by atoms with Gasteiger partial charge in [0.15, 0.2) is 0 Å². The molecule has 1 aromatic carbocycles. The molecule has 3 nitrogen and oxygen atoms in total. The van der Waals surface area contributed by atoms with Crippen molar-refractivity contribution in [3.63, 3.8) is 0 Å². The molecular formula is C13H10ClN3. The first kappa shape index (κ1) is 10.3. The van der Waals surface area contributed by atoms with Crippen LogP contribution in [0.15, 0.2) is 36.7 Å². The van der Waals surface area contributed by atoms with E-state index >= 15 is 0 Å². The molecule has 0 spiro atoms. The summed E-state index contributed by atoms with van der Waals surface area (Å²) in [5.41, 5.74) is 3.95. The molecule has 17 heavy (non-hydrogen) atoms. The Labute approximate surface area is 103 Å². The lowest BCUT2D eigenvalue weighted by molar-refractivity contribution is 1.32. The smallest absolute Gasteiger partial charge is 0.138 e. The van der Waals surface area contributed by atoms with Crippen molar-refractivity contribution in [3.05, 3.63) is 47.2 Å². The highest BCUT2D eigenvalue weighted by atomic mass is 35.5. The van der Waals surface area contributed by atoms with Crippen LogP contribution in [0.25, 0.3) is 22.4 Å². The first-order chi connectivity index (χ1) is 8.22. The van der Waals surface area contributed by atoms with Gasteiger partial charge in [-0.05, 0) is 36.8 Å². The predicted octanol–water partition coefficient (Wildman–Crippen LogP) is 3.59. The number of rotatable bonds is 1. The molecule has 2 aromatic heterocycles. The molecule has 0 atom stereocenters. The Morgan fingerprint density at radius 3 is 2.88 bits per heavy atom. The third-order valence-corrected chi connectivity index (χ3v) is 2.82. The highest BCUT2D eigenvalue weighted by molar-refractivity contribution is 6.30. The topological polar surface area (TPSA) is 41.6 Å². The van der Waals surface area contributed by atoms with Gasteiger partial charge in [0.2, 0.25) is 0 Å². The molecule has 84 valence electrons. The maximum Gasteiger partial charge on any atom is 0.138 e. The SMILES string of the molecule is Cc1cc(Cl)cc(-c2nc3ccncc3[nH]2)c1. The summed E-state index contributed by atoms with van der Waals surface area (Å²) in [5, 5.41) is 0.721. The second-order valence-electron chi connectivity index (χ2n) is 4.00. The summed E-state index contributed by atoms with van der Waals surface area (Å²) in [6.45, 7) is 2.01. The van der Waals surface area contributed by atoms with E-state index in [1.807, 2.05) is 25.1 Å². The number of imidazole rings is 1. The van der Waals surface area contributed by atoms with Crippen LogP contribution in [0.2, 0.25) is 5.02 Å². The van der Waals surface area contributed by atoms with Gasteiger partial charge in [0.25, 0.3) is 0 Å². The number of nitrogens with zero attached hydrogens (tertiary/aromatic N) is 2. The van der Waals surface area contributed by atoms with Crippen LogP contribution in [-0.2, 0) is 0 Å². The molecule has 0 aliphatic heterocycles. The van der Waals surface area contributed by atoms with Crippen LogP contribution in [0.4, 0.5) is 0 Å². The molecule has 0 unspecified atom stereocenters. The average molecular weight is 244 g/mol. The average Bonchev–Trinajstić information content (AvgIpc) is 2.71. The Kier molecular flexibility index (Phi) is 2.34. The van der Waals surface area contributed by atoms with E-state index in [1.165, 1.54) is 0 Å². The molecule has 0 radical (unpaired) electrons. The Hall–Kier alpha value is -1.87. The number of nitrogens with one attached hydrogen (secondary N) is 1. The number of halogens is 1. The summed E-state index contributed by atoms with van der Waals surface area (Å²) in [7, 11) is 0. The van der Waals surface area contributed by atoms with Crippen molar-refractivity contribution >= 4 is 22.6 Å². The van der Waals surface area contributed by atoms with Gasteiger partial charge in [0, 0.05) is 16.8 Å². The number of aryl methyl sites for hydroxylation is 1. The summed E-state index contributed by atoms with van der Waals surface area (Å²) in [4.78, 5) is 11.8. The van der Waals surface area contributed by atoms with Crippen molar-refractivity contribution in [1.82, 2.24) is 15.0 Å². The van der Waals surface area contributed by atoms with E-state index in [-0.39, 0.29) is 0 Å². The highest BCUT2D eigenvalue weighted by Crippen LogP contribution is 2.24. The molecule has 0 aliphatic carbocycles. The molecule has 0 saturated carbocycles. The standard InChI is InChI=1S/C13H10ClN3/c1-8-4-9(6-10(14)5-8)13-16-11-2-3-15-7-12(11)17-13/h2-7H,1H3,(H,16,17). The molecule has 4 heteroatoms. The number of hydrogen-bond acceptors (Lipinski definition) is 2. The van der Waals surface area contributed by atoms with Gasteiger partial charge in [-0.2, -0.15) is 0 Å². The molecule has 3 rings (SSSR count). The van der Waals surface area contributed by atoms with Crippen LogP contribution in [0.1, 0.15) is 5.56 Å². The second-order valence-corrected chi connectivity index (χ2v) is 4.43. The van der Waals surface area contributed by atoms with Gasteiger partial charge >= 0.3 is 0 Å². The largest absolute Gasteiger partial charge is 0.337 e. The number of H-pyrrole nitrogens is 1. The fraction of sp³-hybridized carbons (Fsp3) is 0.0769. The van der Waals surface area contributed by atoms with Gasteiger partial charge in [0.05, 0.1) is 17.2 Å². The molecular weight excluding hydrogens is 234 g/mol. The van der Waals surface area contributed by atoms with Crippen molar-refractivity contribution < 1.29 is 0 Å². The van der Waals surface area contributed by atoms with Crippen LogP contribution < -0.4 is 0 Å². The van der Waals surface area contributed by atoms with Crippen molar-refractivity contribution in [2.45, 2.75) is 6.92 Å². The van der Waals surface area contributed by atoms with E-state index in [0.29, 0.717) is 0 Å². The Morgan fingerprint density at radius 2 is 2.12 bits per heavy atom. The molecule has 3 aromatic rings. The number of hydrogen-bond donors (Lipinski definition) is 1. The van der Waals surface area contributed by atoms with Crippen molar-refractivity contribution in [1.29, 1.82) is 0 Å². The van der Waals surface area contributed by atoms with Crippen LogP contribution in [-0.4, -0.2) is 15.0 Å². The van der Waals surface area contributed by atoms with Crippen LogP contribution >= 0.6 is 11.6 Å². The first-order valence-electron chi connectivity index (χ1n) is 5.30. The Bertz CT molecular complexity index is 635. The number of fused-ring (bicyclic) bond motifs is 1. The lowest BCUT2D eigenvalue weighted by Gasteiger charge is -2.00. The van der Waals surface area contributed by atoms with Gasteiger partial charge < -0.3 is 4.98 Å². The fourth-order valence-corrected chi connectivity index (χ4v) is 2.16. The van der Waals surface area contributed by atoms with E-state index in [4.69, 9.17) is 11.6 Å². The zero-order chi connectivity index (χ0) is 11.8. The quantitative estimate of drug-likeness (QED) is 0.710. The maximum absolute atomic E-state index is 6.04. The summed E-state index contributed by atoms with van der Waals surface area (Å²) >= 11 is 6.04. The summed E-state index contributed by atoms with van der Waals surface area (Å²) in [6.07, 6.45) is 3.50. The molecule has 0 aliphatic rings. The van der Waals surface area contributed by atoms with Gasteiger partial charge in [-0.15, -0.1) is 0 Å². The number of benzene rings is 1. The number of aromatic amines is 1. The van der Waals surface area contributed by atoms with Gasteiger partial charge in [0.1, 0.15) is 5.82 Å². The number of aromatic nitrogens is 3. The summed E-state index contributed by atoms with van der Waals surface area (Å²) in [5.74, 6) is 0.818. The molecule has 0 bridgehead atoms.